The van der Waals surface area contributed by atoms with E-state index in [9.17, 15) is 31.2 Å². The number of ether oxygens (including phenoxy) is 2. The molecule has 14 heteroatoms. The predicted octanol–water partition coefficient (Wildman–Crippen LogP) is 5.37. The quantitative estimate of drug-likeness (QED) is 0.382. The van der Waals surface area contributed by atoms with E-state index in [1.54, 1.807) is 44.7 Å². The third-order valence-electron chi connectivity index (χ3n) is 6.39. The number of alkyl halides is 3. The van der Waals surface area contributed by atoms with E-state index >= 15 is 0 Å². The number of halogens is 4. The van der Waals surface area contributed by atoms with Crippen molar-refractivity contribution in [3.63, 3.8) is 0 Å². The van der Waals surface area contributed by atoms with E-state index in [1.165, 1.54) is 19.1 Å². The molecule has 1 saturated heterocycles. The van der Waals surface area contributed by atoms with E-state index in [2.05, 4.69) is 15.4 Å². The molecular formula is C28H35ClF3N3O6S. The first kappa shape index (κ1) is 33.5. The summed E-state index contributed by atoms with van der Waals surface area (Å²) < 4.78 is 74.5. The Hall–Kier alpha value is -3.03. The standard InChI is InChI=1S/C28H35ClF3N3O6S/c1-6-42(38,39)24-8-7-17(2)11-19(24)14-33-25(36)18-12-22(29)21(23(13-18)40-28(30,31)32)16-35-10-9-20(15-35)34-26(37)41-27(3,4)5/h7-8,11-13,20H,6,9-10,14-16H2,1-5H3,(H,33,36)(H,34,37)/t20-/m1/s1. The van der Waals surface area contributed by atoms with Crippen molar-refractivity contribution in [2.75, 3.05) is 18.8 Å². The fourth-order valence-corrected chi connectivity index (χ4v) is 5.87. The van der Waals surface area contributed by atoms with Crippen LogP contribution in [0.15, 0.2) is 35.2 Å². The molecule has 42 heavy (non-hydrogen) atoms. The summed E-state index contributed by atoms with van der Waals surface area (Å²) >= 11 is 6.40. The van der Waals surface area contributed by atoms with Gasteiger partial charge in [0.15, 0.2) is 9.84 Å². The lowest BCUT2D eigenvalue weighted by Gasteiger charge is -2.23. The maximum Gasteiger partial charge on any atom is 0.573 e. The molecule has 2 N–H and O–H groups in total. The van der Waals surface area contributed by atoms with Crippen molar-refractivity contribution < 1.29 is 40.7 Å². The molecule has 1 aliphatic rings. The average molecular weight is 634 g/mol. The Morgan fingerprint density at radius 2 is 1.83 bits per heavy atom. The zero-order chi connectivity index (χ0) is 31.5. The molecule has 0 spiro atoms. The third kappa shape index (κ3) is 9.50. The summed E-state index contributed by atoms with van der Waals surface area (Å²) in [7, 11) is -3.58. The molecule has 3 rings (SSSR count). The Labute approximate surface area is 248 Å². The Morgan fingerprint density at radius 3 is 2.45 bits per heavy atom. The topological polar surface area (TPSA) is 114 Å². The van der Waals surface area contributed by atoms with Crippen LogP contribution in [0.25, 0.3) is 0 Å². The second-order valence-electron chi connectivity index (χ2n) is 11.0. The van der Waals surface area contributed by atoms with Gasteiger partial charge in [-0.3, -0.25) is 9.69 Å². The zero-order valence-electron chi connectivity index (χ0n) is 24.0. The third-order valence-corrected chi connectivity index (χ3v) is 8.55. The maximum absolute atomic E-state index is 13.3. The fourth-order valence-electron chi connectivity index (χ4n) is 4.49. The van der Waals surface area contributed by atoms with Crippen molar-refractivity contribution in [2.45, 2.75) is 77.0 Å². The van der Waals surface area contributed by atoms with Gasteiger partial charge in [0.2, 0.25) is 0 Å². The second kappa shape index (κ2) is 13.1. The number of rotatable bonds is 9. The SMILES string of the molecule is CCS(=O)(=O)c1ccc(C)cc1CNC(=O)c1cc(Cl)c(CN2CC[C@@H](NC(=O)OC(C)(C)C)C2)c(OC(F)(F)F)c1. The van der Waals surface area contributed by atoms with Gasteiger partial charge in [-0.2, -0.15) is 0 Å². The van der Waals surface area contributed by atoms with Gasteiger partial charge < -0.3 is 20.1 Å². The number of alkyl carbamates (subject to hydrolysis) is 1. The van der Waals surface area contributed by atoms with Gasteiger partial charge in [0.05, 0.1) is 10.6 Å². The molecule has 2 aromatic rings. The molecule has 0 bridgehead atoms. The summed E-state index contributed by atoms with van der Waals surface area (Å²) in [6.45, 7) is 9.07. The second-order valence-corrected chi connectivity index (χ2v) is 13.7. The summed E-state index contributed by atoms with van der Waals surface area (Å²) in [4.78, 5) is 27.0. The van der Waals surface area contributed by atoms with Gasteiger partial charge in [-0.15, -0.1) is 13.2 Å². The van der Waals surface area contributed by atoms with E-state index in [0.29, 0.717) is 25.1 Å². The van der Waals surface area contributed by atoms with Crippen LogP contribution in [0, 0.1) is 6.92 Å². The molecule has 1 atom stereocenters. The predicted molar refractivity (Wildman–Crippen MR) is 151 cm³/mol. The number of benzene rings is 2. The van der Waals surface area contributed by atoms with E-state index < -0.39 is 39.6 Å². The van der Waals surface area contributed by atoms with Crippen molar-refractivity contribution in [3.05, 3.63) is 57.6 Å². The number of hydrogen-bond donors (Lipinski definition) is 2. The summed E-state index contributed by atoms with van der Waals surface area (Å²) in [5.74, 6) is -1.53. The smallest absolute Gasteiger partial charge is 0.444 e. The van der Waals surface area contributed by atoms with E-state index in [-0.39, 0.29) is 45.9 Å². The number of likely N-dealkylation sites (tertiary alicyclic amines) is 1. The van der Waals surface area contributed by atoms with Crippen molar-refractivity contribution in [2.24, 2.45) is 0 Å². The molecule has 0 aliphatic carbocycles. The molecule has 0 aromatic heterocycles. The van der Waals surface area contributed by atoms with Gasteiger partial charge in [-0.05, 0) is 57.9 Å². The lowest BCUT2D eigenvalue weighted by atomic mass is 10.1. The van der Waals surface area contributed by atoms with Crippen molar-refractivity contribution in [1.82, 2.24) is 15.5 Å². The summed E-state index contributed by atoms with van der Waals surface area (Å²) in [5.41, 5.74) is 0.278. The molecule has 1 fully saturated rings. The molecule has 1 aliphatic heterocycles. The van der Waals surface area contributed by atoms with Crippen LogP contribution in [-0.2, 0) is 27.7 Å². The van der Waals surface area contributed by atoms with Crippen LogP contribution in [0.2, 0.25) is 5.02 Å². The number of nitrogens with one attached hydrogen (secondary N) is 2. The fraction of sp³-hybridized carbons (Fsp3) is 0.500. The average Bonchev–Trinajstić information content (AvgIpc) is 3.28. The Bertz CT molecular complexity index is 1430. The minimum absolute atomic E-state index is 0.0264. The normalized spacial score (nSPS) is 16.3. The molecule has 2 aromatic carbocycles. The van der Waals surface area contributed by atoms with Gasteiger partial charge in [0, 0.05) is 48.4 Å². The van der Waals surface area contributed by atoms with E-state index in [0.717, 1.165) is 11.6 Å². The molecule has 1 heterocycles. The molecule has 0 saturated carbocycles. The first-order valence-electron chi connectivity index (χ1n) is 13.3. The maximum atomic E-state index is 13.3. The molecule has 232 valence electrons. The largest absolute Gasteiger partial charge is 0.573 e. The van der Waals surface area contributed by atoms with Gasteiger partial charge in [-0.25, -0.2) is 13.2 Å². The molecule has 2 amide bonds. The van der Waals surface area contributed by atoms with Crippen LogP contribution in [-0.4, -0.2) is 62.2 Å². The monoisotopic (exact) mass is 633 g/mol. The number of aryl methyl sites for hydroxylation is 1. The summed E-state index contributed by atoms with van der Waals surface area (Å²) in [5, 5.41) is 5.20. The number of nitrogens with zero attached hydrogens (tertiary/aromatic N) is 1. The van der Waals surface area contributed by atoms with Crippen LogP contribution < -0.4 is 15.4 Å². The number of sulfone groups is 1. The van der Waals surface area contributed by atoms with E-state index in [1.807, 2.05) is 0 Å². The van der Waals surface area contributed by atoms with Crippen LogP contribution in [0.5, 0.6) is 5.75 Å². The molecule has 9 nitrogen and oxygen atoms in total. The van der Waals surface area contributed by atoms with Gasteiger partial charge >= 0.3 is 12.5 Å². The van der Waals surface area contributed by atoms with Crippen LogP contribution in [0.4, 0.5) is 18.0 Å². The zero-order valence-corrected chi connectivity index (χ0v) is 25.6. The molecular weight excluding hydrogens is 599 g/mol. The van der Waals surface area contributed by atoms with Crippen LogP contribution in [0.3, 0.4) is 0 Å². The number of amides is 2. The number of carbonyl (C=O) groups excluding carboxylic acids is 2. The Balaban J connectivity index is 1.79. The highest BCUT2D eigenvalue weighted by atomic mass is 35.5. The molecule has 0 unspecified atom stereocenters. The lowest BCUT2D eigenvalue weighted by Crippen LogP contribution is -2.40. The Kier molecular flexibility index (Phi) is 10.4. The number of hydrogen-bond acceptors (Lipinski definition) is 7. The minimum atomic E-state index is -5.05. The van der Waals surface area contributed by atoms with Gasteiger partial charge in [0.25, 0.3) is 5.91 Å². The van der Waals surface area contributed by atoms with Crippen LogP contribution >= 0.6 is 11.6 Å². The highest BCUT2D eigenvalue weighted by Gasteiger charge is 2.34. The van der Waals surface area contributed by atoms with Crippen molar-refractivity contribution in [3.8, 4) is 5.75 Å². The first-order chi connectivity index (χ1) is 19.4. The lowest BCUT2D eigenvalue weighted by molar-refractivity contribution is -0.275. The summed E-state index contributed by atoms with van der Waals surface area (Å²) in [6, 6.07) is 6.64. The van der Waals surface area contributed by atoms with Crippen molar-refractivity contribution in [1.29, 1.82) is 0 Å². The van der Waals surface area contributed by atoms with Crippen molar-refractivity contribution >= 4 is 33.4 Å². The van der Waals surface area contributed by atoms with E-state index in [4.69, 9.17) is 16.3 Å². The van der Waals surface area contributed by atoms with Gasteiger partial charge in [0.1, 0.15) is 11.4 Å². The first-order valence-corrected chi connectivity index (χ1v) is 15.3. The van der Waals surface area contributed by atoms with Crippen LogP contribution in [0.1, 0.15) is 61.2 Å². The minimum Gasteiger partial charge on any atom is -0.444 e. The van der Waals surface area contributed by atoms with Gasteiger partial charge in [-0.1, -0.05) is 36.2 Å². The Morgan fingerprint density at radius 1 is 1.14 bits per heavy atom. The highest BCUT2D eigenvalue weighted by molar-refractivity contribution is 7.91. The highest BCUT2D eigenvalue weighted by Crippen LogP contribution is 2.34. The summed E-state index contributed by atoms with van der Waals surface area (Å²) in [6.07, 6.45) is -5.10. The number of carbonyl (C=O) groups is 2. The molecule has 0 radical (unpaired) electrons.